The summed E-state index contributed by atoms with van der Waals surface area (Å²) in [7, 11) is 1.60. The summed E-state index contributed by atoms with van der Waals surface area (Å²) < 4.78 is 7.12. The summed E-state index contributed by atoms with van der Waals surface area (Å²) in [5.74, 6) is 0.294. The fourth-order valence-corrected chi connectivity index (χ4v) is 3.55. The molecule has 2 N–H and O–H groups in total. The van der Waals surface area contributed by atoms with Crippen LogP contribution in [0, 0.1) is 0 Å². The molecule has 0 saturated heterocycles. The van der Waals surface area contributed by atoms with Crippen molar-refractivity contribution in [3.8, 4) is 17.0 Å². The largest absolute Gasteiger partial charge is 0.497 e. The van der Waals surface area contributed by atoms with E-state index in [4.69, 9.17) is 9.84 Å². The molecule has 3 aromatic carbocycles. The molecule has 34 heavy (non-hydrogen) atoms. The van der Waals surface area contributed by atoms with E-state index < -0.39 is 0 Å². The standard InChI is InChI=1S/C27H26N4O3/c1-3-25(32)28-21-12-8-13-22(16-21)29-27(33)24-18-31(17-19-9-5-4-6-10-19)30-26(24)20-11-7-14-23(15-20)34-2/h4-16,18H,3,17H2,1-2H3,(H,28,32)(H,29,33). The third kappa shape index (κ3) is 5.50. The van der Waals surface area contributed by atoms with E-state index in [0.717, 1.165) is 11.1 Å². The first-order valence-corrected chi connectivity index (χ1v) is 11.0. The normalized spacial score (nSPS) is 10.5. The molecule has 0 radical (unpaired) electrons. The number of aromatic nitrogens is 2. The predicted molar refractivity (Wildman–Crippen MR) is 133 cm³/mol. The Balaban J connectivity index is 1.65. The van der Waals surface area contributed by atoms with Gasteiger partial charge >= 0.3 is 0 Å². The van der Waals surface area contributed by atoms with E-state index in [9.17, 15) is 9.59 Å². The lowest BCUT2D eigenvalue weighted by Crippen LogP contribution is -2.13. The number of nitrogens with zero attached hydrogens (tertiary/aromatic N) is 2. The minimum absolute atomic E-state index is 0.0917. The van der Waals surface area contributed by atoms with Crippen molar-refractivity contribution in [2.24, 2.45) is 0 Å². The maximum atomic E-state index is 13.3. The summed E-state index contributed by atoms with van der Waals surface area (Å²) in [6, 6.07) is 24.5. The van der Waals surface area contributed by atoms with Gasteiger partial charge in [-0.25, -0.2) is 0 Å². The molecule has 0 unspecified atom stereocenters. The monoisotopic (exact) mass is 454 g/mol. The Bertz CT molecular complexity index is 1300. The zero-order chi connectivity index (χ0) is 23.9. The summed E-state index contributed by atoms with van der Waals surface area (Å²) in [5.41, 5.74) is 4.05. The molecule has 4 rings (SSSR count). The van der Waals surface area contributed by atoms with E-state index in [0.29, 0.717) is 41.3 Å². The van der Waals surface area contributed by atoms with Crippen molar-refractivity contribution in [1.29, 1.82) is 0 Å². The number of carbonyl (C=O) groups is 2. The molecule has 0 bridgehead atoms. The lowest BCUT2D eigenvalue weighted by molar-refractivity contribution is -0.115. The van der Waals surface area contributed by atoms with Crippen molar-refractivity contribution >= 4 is 23.2 Å². The topological polar surface area (TPSA) is 85.3 Å². The summed E-state index contributed by atoms with van der Waals surface area (Å²) in [6.45, 7) is 2.32. The van der Waals surface area contributed by atoms with Crippen LogP contribution in [-0.4, -0.2) is 28.7 Å². The quantitative estimate of drug-likeness (QED) is 0.383. The molecule has 0 aliphatic carbocycles. The van der Waals surface area contributed by atoms with Gasteiger partial charge in [-0.3, -0.25) is 14.3 Å². The highest BCUT2D eigenvalue weighted by Gasteiger charge is 2.19. The molecule has 0 spiro atoms. The maximum Gasteiger partial charge on any atom is 0.259 e. The molecular weight excluding hydrogens is 428 g/mol. The molecule has 0 aliphatic heterocycles. The van der Waals surface area contributed by atoms with Gasteiger partial charge in [0.1, 0.15) is 11.4 Å². The van der Waals surface area contributed by atoms with Crippen LogP contribution in [0.25, 0.3) is 11.3 Å². The van der Waals surface area contributed by atoms with Crippen molar-refractivity contribution in [2.45, 2.75) is 19.9 Å². The third-order valence-electron chi connectivity index (χ3n) is 5.26. The molecule has 0 saturated carbocycles. The molecule has 1 heterocycles. The van der Waals surface area contributed by atoms with Crippen molar-refractivity contribution in [1.82, 2.24) is 9.78 Å². The van der Waals surface area contributed by atoms with Crippen LogP contribution < -0.4 is 15.4 Å². The smallest absolute Gasteiger partial charge is 0.259 e. The lowest BCUT2D eigenvalue weighted by Gasteiger charge is -2.09. The summed E-state index contributed by atoms with van der Waals surface area (Å²) in [6.07, 6.45) is 2.13. The summed E-state index contributed by atoms with van der Waals surface area (Å²) in [4.78, 5) is 25.1. The van der Waals surface area contributed by atoms with Gasteiger partial charge in [0.05, 0.1) is 19.2 Å². The average Bonchev–Trinajstić information content (AvgIpc) is 3.29. The minimum atomic E-state index is -0.295. The molecule has 7 nitrogen and oxygen atoms in total. The number of carbonyl (C=O) groups excluding carboxylic acids is 2. The van der Waals surface area contributed by atoms with Crippen molar-refractivity contribution in [3.63, 3.8) is 0 Å². The van der Waals surface area contributed by atoms with Crippen molar-refractivity contribution in [3.05, 3.63) is 96.2 Å². The van der Waals surface area contributed by atoms with Crippen LogP contribution in [0.5, 0.6) is 5.75 Å². The minimum Gasteiger partial charge on any atom is -0.497 e. The van der Waals surface area contributed by atoms with Crippen LogP contribution in [0.2, 0.25) is 0 Å². The second-order valence-corrected chi connectivity index (χ2v) is 7.74. The number of amides is 2. The SMILES string of the molecule is CCC(=O)Nc1cccc(NC(=O)c2cn(Cc3ccccc3)nc2-c2cccc(OC)c2)c1. The van der Waals surface area contributed by atoms with Crippen LogP contribution in [-0.2, 0) is 11.3 Å². The number of nitrogens with one attached hydrogen (secondary N) is 2. The molecule has 1 aromatic heterocycles. The Morgan fingerprint density at radius 3 is 2.38 bits per heavy atom. The second-order valence-electron chi connectivity index (χ2n) is 7.74. The second kappa shape index (κ2) is 10.5. The van der Waals surface area contributed by atoms with Gasteiger partial charge in [-0.05, 0) is 35.9 Å². The molecule has 4 aromatic rings. The zero-order valence-corrected chi connectivity index (χ0v) is 19.1. The Morgan fingerprint density at radius 2 is 1.65 bits per heavy atom. The average molecular weight is 455 g/mol. The predicted octanol–water partition coefficient (Wildman–Crippen LogP) is 5.21. The number of hydrogen-bond acceptors (Lipinski definition) is 4. The molecule has 172 valence electrons. The first-order chi connectivity index (χ1) is 16.6. The highest BCUT2D eigenvalue weighted by molar-refractivity contribution is 6.08. The van der Waals surface area contributed by atoms with Crippen LogP contribution in [0.1, 0.15) is 29.3 Å². The van der Waals surface area contributed by atoms with Crippen LogP contribution in [0.4, 0.5) is 11.4 Å². The highest BCUT2D eigenvalue weighted by atomic mass is 16.5. The lowest BCUT2D eigenvalue weighted by atomic mass is 10.1. The summed E-state index contributed by atoms with van der Waals surface area (Å²) >= 11 is 0. The Labute approximate surface area is 198 Å². The Hall–Kier alpha value is -4.39. The van der Waals surface area contributed by atoms with Gasteiger partial charge in [-0.15, -0.1) is 0 Å². The molecule has 0 aliphatic rings. The van der Waals surface area contributed by atoms with Crippen molar-refractivity contribution < 1.29 is 14.3 Å². The number of methoxy groups -OCH3 is 1. The highest BCUT2D eigenvalue weighted by Crippen LogP contribution is 2.27. The maximum absolute atomic E-state index is 13.3. The number of hydrogen-bond donors (Lipinski definition) is 2. The number of rotatable bonds is 8. The summed E-state index contributed by atoms with van der Waals surface area (Å²) in [5, 5.41) is 10.5. The van der Waals surface area contributed by atoms with Gasteiger partial charge < -0.3 is 15.4 Å². The van der Waals surface area contributed by atoms with Gasteiger partial charge in [0.15, 0.2) is 0 Å². The van der Waals surface area contributed by atoms with Crippen LogP contribution in [0.3, 0.4) is 0 Å². The molecule has 7 heteroatoms. The van der Waals surface area contributed by atoms with Gasteiger partial charge in [0, 0.05) is 29.6 Å². The molecular formula is C27H26N4O3. The van der Waals surface area contributed by atoms with E-state index in [1.165, 1.54) is 0 Å². The third-order valence-corrected chi connectivity index (χ3v) is 5.26. The Morgan fingerprint density at radius 1 is 0.912 bits per heavy atom. The number of ether oxygens (including phenoxy) is 1. The van der Waals surface area contributed by atoms with Crippen LogP contribution >= 0.6 is 0 Å². The van der Waals surface area contributed by atoms with Gasteiger partial charge in [0.2, 0.25) is 5.91 Å². The first-order valence-electron chi connectivity index (χ1n) is 11.0. The molecule has 2 amide bonds. The molecule has 0 fully saturated rings. The van der Waals surface area contributed by atoms with E-state index in [-0.39, 0.29) is 11.8 Å². The fourth-order valence-electron chi connectivity index (χ4n) is 3.55. The van der Waals surface area contributed by atoms with E-state index in [1.807, 2.05) is 54.6 Å². The van der Waals surface area contributed by atoms with Gasteiger partial charge in [-0.2, -0.15) is 5.10 Å². The van der Waals surface area contributed by atoms with Gasteiger partial charge in [-0.1, -0.05) is 55.5 Å². The van der Waals surface area contributed by atoms with E-state index >= 15 is 0 Å². The fraction of sp³-hybridized carbons (Fsp3) is 0.148. The van der Waals surface area contributed by atoms with Crippen molar-refractivity contribution in [2.75, 3.05) is 17.7 Å². The number of benzene rings is 3. The molecule has 0 atom stereocenters. The van der Waals surface area contributed by atoms with Gasteiger partial charge in [0.25, 0.3) is 5.91 Å². The van der Waals surface area contributed by atoms with E-state index in [2.05, 4.69) is 10.6 Å². The van der Waals surface area contributed by atoms with E-state index in [1.54, 1.807) is 49.2 Å². The first kappa shape index (κ1) is 22.8. The number of anilines is 2. The zero-order valence-electron chi connectivity index (χ0n) is 19.1. The van der Waals surface area contributed by atoms with Crippen LogP contribution in [0.15, 0.2) is 85.1 Å². The Kier molecular flexibility index (Phi) is 7.03.